The number of hydrogen-bond acceptors (Lipinski definition) is 5. The minimum atomic E-state index is -3.92. The Balaban J connectivity index is 2.33. The highest BCUT2D eigenvalue weighted by atomic mass is 35.5. The summed E-state index contributed by atoms with van der Waals surface area (Å²) in [5.74, 6) is 0.528. The maximum Gasteiger partial charge on any atom is 0.218 e. The molecule has 0 saturated heterocycles. The highest BCUT2D eigenvalue weighted by Gasteiger charge is 2.20. The SMILES string of the molecule is COc1ccc(S(=O)(=O)/C(C#N)=C/Nc2ccccc2Cl)cc1. The number of sulfone groups is 1. The average molecular weight is 349 g/mol. The maximum atomic E-state index is 12.5. The largest absolute Gasteiger partial charge is 0.497 e. The normalized spacial score (nSPS) is 11.6. The molecule has 0 aliphatic heterocycles. The molecule has 118 valence electrons. The molecule has 0 heterocycles. The molecule has 0 atom stereocenters. The van der Waals surface area contributed by atoms with Crippen LogP contribution < -0.4 is 10.1 Å². The van der Waals surface area contributed by atoms with Crippen molar-refractivity contribution in [3.8, 4) is 11.8 Å². The monoisotopic (exact) mass is 348 g/mol. The number of ether oxygens (including phenoxy) is 1. The van der Waals surface area contributed by atoms with E-state index in [9.17, 15) is 13.7 Å². The number of nitrogens with zero attached hydrogens (tertiary/aromatic N) is 1. The Labute approximate surface area is 139 Å². The molecule has 1 N–H and O–H groups in total. The first-order valence-electron chi connectivity index (χ1n) is 6.49. The molecule has 0 bridgehead atoms. The van der Waals surface area contributed by atoms with E-state index < -0.39 is 14.7 Å². The molecular formula is C16H13ClN2O3S. The van der Waals surface area contributed by atoms with E-state index >= 15 is 0 Å². The van der Waals surface area contributed by atoms with E-state index in [2.05, 4.69) is 5.32 Å². The molecule has 0 radical (unpaired) electrons. The summed E-state index contributed by atoms with van der Waals surface area (Å²) in [7, 11) is -2.44. The van der Waals surface area contributed by atoms with Crippen LogP contribution in [0.15, 0.2) is 64.5 Å². The molecule has 2 aromatic rings. The van der Waals surface area contributed by atoms with Crippen molar-refractivity contribution < 1.29 is 13.2 Å². The Morgan fingerprint density at radius 1 is 1.22 bits per heavy atom. The highest BCUT2D eigenvalue weighted by molar-refractivity contribution is 7.95. The van der Waals surface area contributed by atoms with Gasteiger partial charge in [0.25, 0.3) is 0 Å². The van der Waals surface area contributed by atoms with Crippen LogP contribution in [0.4, 0.5) is 5.69 Å². The molecule has 0 saturated carbocycles. The molecule has 2 rings (SSSR count). The second-order valence-corrected chi connectivity index (χ2v) is 6.75. The van der Waals surface area contributed by atoms with Gasteiger partial charge in [-0.05, 0) is 36.4 Å². The quantitative estimate of drug-likeness (QED) is 0.835. The highest BCUT2D eigenvalue weighted by Crippen LogP contribution is 2.24. The molecule has 0 aliphatic rings. The number of allylic oxidation sites excluding steroid dienone is 1. The van der Waals surface area contributed by atoms with Gasteiger partial charge in [-0.3, -0.25) is 0 Å². The summed E-state index contributed by atoms with van der Waals surface area (Å²) in [5, 5.41) is 12.3. The summed E-state index contributed by atoms with van der Waals surface area (Å²) in [6.07, 6.45) is 1.13. The Bertz CT molecular complexity index is 869. The van der Waals surface area contributed by atoms with E-state index in [1.807, 2.05) is 0 Å². The van der Waals surface area contributed by atoms with Crippen molar-refractivity contribution in [2.45, 2.75) is 4.90 Å². The topological polar surface area (TPSA) is 79.2 Å². The third kappa shape index (κ3) is 3.83. The molecular weight excluding hydrogens is 336 g/mol. The zero-order valence-corrected chi connectivity index (χ0v) is 13.7. The first kappa shape index (κ1) is 16.9. The van der Waals surface area contributed by atoms with Gasteiger partial charge in [-0.25, -0.2) is 8.42 Å². The lowest BCUT2D eigenvalue weighted by atomic mass is 10.3. The van der Waals surface area contributed by atoms with Gasteiger partial charge in [0, 0.05) is 6.20 Å². The van der Waals surface area contributed by atoms with Crippen molar-refractivity contribution in [3.05, 3.63) is 64.7 Å². The van der Waals surface area contributed by atoms with Gasteiger partial charge in [-0.2, -0.15) is 5.26 Å². The fraction of sp³-hybridized carbons (Fsp3) is 0.0625. The van der Waals surface area contributed by atoms with Gasteiger partial charge in [0.05, 0.1) is 22.7 Å². The number of benzene rings is 2. The number of nitriles is 1. The number of para-hydroxylation sites is 1. The van der Waals surface area contributed by atoms with Crippen molar-refractivity contribution in [2.24, 2.45) is 0 Å². The average Bonchev–Trinajstić information content (AvgIpc) is 2.57. The summed E-state index contributed by atoms with van der Waals surface area (Å²) < 4.78 is 29.9. The minimum absolute atomic E-state index is 0.00654. The molecule has 0 aliphatic carbocycles. The number of nitrogens with one attached hydrogen (secondary N) is 1. The van der Waals surface area contributed by atoms with Gasteiger partial charge in [0.1, 0.15) is 11.8 Å². The first-order chi connectivity index (χ1) is 11.0. The predicted molar refractivity (Wildman–Crippen MR) is 89.0 cm³/mol. The third-order valence-corrected chi connectivity index (χ3v) is 5.01. The second kappa shape index (κ2) is 7.18. The van der Waals surface area contributed by atoms with Crippen LogP contribution in [0.5, 0.6) is 5.75 Å². The predicted octanol–water partition coefficient (Wildman–Crippen LogP) is 3.60. The van der Waals surface area contributed by atoms with Crippen molar-refractivity contribution in [1.82, 2.24) is 0 Å². The van der Waals surface area contributed by atoms with Crippen LogP contribution in [0.2, 0.25) is 5.02 Å². The van der Waals surface area contributed by atoms with E-state index in [4.69, 9.17) is 16.3 Å². The van der Waals surface area contributed by atoms with Gasteiger partial charge in [0.2, 0.25) is 9.84 Å². The summed E-state index contributed by atoms with van der Waals surface area (Å²) >= 11 is 5.98. The smallest absolute Gasteiger partial charge is 0.218 e. The second-order valence-electron chi connectivity index (χ2n) is 4.42. The first-order valence-corrected chi connectivity index (χ1v) is 8.35. The summed E-state index contributed by atoms with van der Waals surface area (Å²) in [6.45, 7) is 0. The van der Waals surface area contributed by atoms with Crippen LogP contribution in [0.1, 0.15) is 0 Å². The molecule has 0 unspecified atom stereocenters. The van der Waals surface area contributed by atoms with Crippen molar-refractivity contribution in [3.63, 3.8) is 0 Å². The van der Waals surface area contributed by atoms with Gasteiger partial charge in [0.15, 0.2) is 4.91 Å². The molecule has 2 aromatic carbocycles. The number of anilines is 1. The van der Waals surface area contributed by atoms with E-state index in [1.54, 1.807) is 30.3 Å². The molecule has 23 heavy (non-hydrogen) atoms. The van der Waals surface area contributed by atoms with Gasteiger partial charge >= 0.3 is 0 Å². The Morgan fingerprint density at radius 3 is 2.43 bits per heavy atom. The van der Waals surface area contributed by atoms with Crippen molar-refractivity contribution >= 4 is 27.1 Å². The molecule has 5 nitrogen and oxygen atoms in total. The lowest BCUT2D eigenvalue weighted by molar-refractivity contribution is 0.414. The van der Waals surface area contributed by atoms with E-state index in [0.717, 1.165) is 6.20 Å². The van der Waals surface area contributed by atoms with Crippen molar-refractivity contribution in [2.75, 3.05) is 12.4 Å². The zero-order valence-electron chi connectivity index (χ0n) is 12.2. The molecule has 0 amide bonds. The number of hydrogen-bond donors (Lipinski definition) is 1. The van der Waals surface area contributed by atoms with E-state index in [0.29, 0.717) is 16.5 Å². The van der Waals surface area contributed by atoms with Crippen LogP contribution in [0.25, 0.3) is 0 Å². The summed E-state index contributed by atoms with van der Waals surface area (Å²) in [5.41, 5.74) is 0.506. The number of halogens is 1. The van der Waals surface area contributed by atoms with E-state index in [1.165, 1.54) is 31.4 Å². The summed E-state index contributed by atoms with van der Waals surface area (Å²) in [4.78, 5) is -0.408. The zero-order chi connectivity index (χ0) is 16.9. The standard InChI is InChI=1S/C16H13ClN2O3S/c1-22-12-6-8-13(9-7-12)23(20,21)14(10-18)11-19-16-5-3-2-4-15(16)17/h2-9,11,19H,1H3/b14-11+. The Morgan fingerprint density at radius 2 is 1.87 bits per heavy atom. The molecule has 0 spiro atoms. The third-order valence-electron chi connectivity index (χ3n) is 3.00. The van der Waals surface area contributed by atoms with Gasteiger partial charge in [-0.15, -0.1) is 0 Å². The van der Waals surface area contributed by atoms with E-state index in [-0.39, 0.29) is 4.90 Å². The fourth-order valence-corrected chi connectivity index (χ4v) is 3.05. The number of methoxy groups -OCH3 is 1. The Kier molecular flexibility index (Phi) is 5.27. The lowest BCUT2D eigenvalue weighted by Crippen LogP contribution is -2.05. The Hall–Kier alpha value is -2.49. The summed E-state index contributed by atoms with van der Waals surface area (Å²) in [6, 6.07) is 14.3. The molecule has 7 heteroatoms. The minimum Gasteiger partial charge on any atom is -0.497 e. The van der Waals surface area contributed by atoms with Crippen LogP contribution >= 0.6 is 11.6 Å². The van der Waals surface area contributed by atoms with Crippen LogP contribution in [0, 0.1) is 11.3 Å². The lowest BCUT2D eigenvalue weighted by Gasteiger charge is -2.06. The van der Waals surface area contributed by atoms with Crippen LogP contribution in [-0.4, -0.2) is 15.5 Å². The van der Waals surface area contributed by atoms with Crippen molar-refractivity contribution in [1.29, 1.82) is 5.26 Å². The van der Waals surface area contributed by atoms with Gasteiger partial charge in [-0.1, -0.05) is 23.7 Å². The van der Waals surface area contributed by atoms with Crippen LogP contribution in [0.3, 0.4) is 0 Å². The van der Waals surface area contributed by atoms with Crippen LogP contribution in [-0.2, 0) is 9.84 Å². The van der Waals surface area contributed by atoms with Gasteiger partial charge < -0.3 is 10.1 Å². The molecule has 0 fully saturated rings. The maximum absolute atomic E-state index is 12.5. The molecule has 0 aromatic heterocycles. The fourth-order valence-electron chi connectivity index (χ4n) is 1.77. The number of rotatable bonds is 5.